The van der Waals surface area contributed by atoms with Crippen LogP contribution in [-0.4, -0.2) is 52.0 Å². The van der Waals surface area contributed by atoms with Gasteiger partial charge in [-0.1, -0.05) is 0 Å². The van der Waals surface area contributed by atoms with Gasteiger partial charge < -0.3 is 25.2 Å². The average Bonchev–Trinajstić information content (AvgIpc) is 3.45. The van der Waals surface area contributed by atoms with Crippen LogP contribution in [0.2, 0.25) is 0 Å². The molecule has 7 nitrogen and oxygen atoms in total. The first-order chi connectivity index (χ1) is 15.8. The van der Waals surface area contributed by atoms with Crippen LogP contribution in [0, 0.1) is 5.82 Å². The smallest absolute Gasteiger partial charge is 0.260 e. The van der Waals surface area contributed by atoms with E-state index in [1.807, 2.05) is 37.0 Å². The Kier molecular flexibility index (Phi) is 5.22. The number of benzene rings is 1. The zero-order valence-corrected chi connectivity index (χ0v) is 18.5. The molecule has 1 fully saturated rings. The molecule has 3 aliphatic heterocycles. The van der Waals surface area contributed by atoms with E-state index in [-0.39, 0.29) is 31.2 Å². The van der Waals surface area contributed by atoms with E-state index in [0.29, 0.717) is 28.4 Å². The van der Waals surface area contributed by atoms with Gasteiger partial charge in [-0.3, -0.25) is 4.79 Å². The van der Waals surface area contributed by atoms with E-state index in [9.17, 15) is 19.4 Å². The molecule has 33 heavy (non-hydrogen) atoms. The van der Waals surface area contributed by atoms with Crippen molar-refractivity contribution in [1.29, 1.82) is 0 Å². The molecule has 2 aromatic rings. The Hall–Kier alpha value is -3.23. The first kappa shape index (κ1) is 21.6. The van der Waals surface area contributed by atoms with Crippen molar-refractivity contribution < 1.29 is 24.1 Å². The van der Waals surface area contributed by atoms with Crippen molar-refractivity contribution in [1.82, 2.24) is 4.98 Å². The predicted octanol–water partition coefficient (Wildman–Crippen LogP) is 3.10. The number of nitrogens with zero attached hydrogens (tertiary/aromatic N) is 2. The van der Waals surface area contributed by atoms with Crippen LogP contribution in [0.3, 0.4) is 0 Å². The van der Waals surface area contributed by atoms with Crippen LogP contribution in [-0.2, 0) is 9.53 Å². The number of halogens is 1. The van der Waals surface area contributed by atoms with Gasteiger partial charge in [-0.2, -0.15) is 0 Å². The second kappa shape index (κ2) is 7.97. The van der Waals surface area contributed by atoms with Gasteiger partial charge in [-0.05, 0) is 63.1 Å². The Bertz CT molecular complexity index is 1160. The largest absolute Gasteiger partial charge is 0.482 e. The minimum absolute atomic E-state index is 0.00696. The van der Waals surface area contributed by atoms with Crippen molar-refractivity contribution in [3.05, 3.63) is 65.3 Å². The number of aromatic nitrogens is 1. The van der Waals surface area contributed by atoms with E-state index in [4.69, 9.17) is 4.74 Å². The van der Waals surface area contributed by atoms with Crippen molar-refractivity contribution in [2.24, 2.45) is 0 Å². The molecule has 8 heteroatoms. The van der Waals surface area contributed by atoms with Crippen LogP contribution in [0.15, 0.2) is 48.4 Å². The minimum atomic E-state index is -0.725. The Labute approximate surface area is 191 Å². The topological polar surface area (TPSA) is 94.9 Å². The number of carbonyl (C=O) groups is 1. The highest BCUT2D eigenvalue weighted by molar-refractivity contribution is 6.32. The van der Waals surface area contributed by atoms with E-state index in [0.717, 1.165) is 24.0 Å². The molecule has 0 bridgehead atoms. The first-order valence-corrected chi connectivity index (χ1v) is 11.1. The van der Waals surface area contributed by atoms with Crippen LogP contribution in [0.25, 0.3) is 11.1 Å². The molecule has 0 aliphatic carbocycles. The highest BCUT2D eigenvalue weighted by atomic mass is 19.1. The first-order valence-electron chi connectivity index (χ1n) is 11.1. The summed E-state index contributed by atoms with van der Waals surface area (Å²) in [5.41, 5.74) is 2.30. The number of hydrogen-bond donors (Lipinski definition) is 3. The number of rotatable bonds is 4. The molecule has 5 rings (SSSR count). The number of aliphatic hydroxyl groups excluding tert-OH is 2. The van der Waals surface area contributed by atoms with Gasteiger partial charge in [0.25, 0.3) is 5.91 Å². The third-order valence-electron chi connectivity index (χ3n) is 6.63. The number of carbonyl (C=O) groups excluding carboxylic acids is 1. The molecule has 0 saturated carbocycles. The van der Waals surface area contributed by atoms with Crippen molar-refractivity contribution in [2.45, 2.75) is 44.4 Å². The summed E-state index contributed by atoms with van der Waals surface area (Å²) in [6.07, 6.45) is 5.16. The Morgan fingerprint density at radius 3 is 2.55 bits per heavy atom. The molecule has 172 valence electrons. The van der Waals surface area contributed by atoms with Crippen LogP contribution in [0.4, 0.5) is 15.9 Å². The fraction of sp³-hybridized carbons (Fsp3) is 0.360. The fourth-order valence-corrected chi connectivity index (χ4v) is 4.99. The number of aliphatic hydroxyl groups is 2. The summed E-state index contributed by atoms with van der Waals surface area (Å²) in [5.74, 6) is 0.339. The molecule has 0 spiro atoms. The Morgan fingerprint density at radius 1 is 1.18 bits per heavy atom. The molecule has 3 N–H and O–H groups in total. The minimum Gasteiger partial charge on any atom is -0.482 e. The van der Waals surface area contributed by atoms with Gasteiger partial charge in [-0.15, -0.1) is 0 Å². The molecular formula is C25H26FN3O4. The van der Waals surface area contributed by atoms with Gasteiger partial charge in [0.2, 0.25) is 0 Å². The van der Waals surface area contributed by atoms with Crippen molar-refractivity contribution in [3.8, 4) is 0 Å². The van der Waals surface area contributed by atoms with Crippen LogP contribution in [0.1, 0.15) is 37.8 Å². The lowest BCUT2D eigenvalue weighted by molar-refractivity contribution is -0.111. The highest BCUT2D eigenvalue weighted by Gasteiger charge is 2.39. The van der Waals surface area contributed by atoms with E-state index >= 15 is 0 Å². The third kappa shape index (κ3) is 3.59. The monoisotopic (exact) mass is 451 g/mol. The summed E-state index contributed by atoms with van der Waals surface area (Å²) in [5, 5.41) is 22.2. The Morgan fingerprint density at radius 2 is 1.91 bits per heavy atom. The number of nitrogens with one attached hydrogen (secondary N) is 1. The van der Waals surface area contributed by atoms with Gasteiger partial charge in [0, 0.05) is 28.6 Å². The van der Waals surface area contributed by atoms with Crippen LogP contribution in [0.5, 0.6) is 0 Å². The SMILES string of the molecule is CC1(C)O/C(=C2/C(=O)Nc3ccc(F)cc32)C=C1c1ccc(N2[C@H](CO)CC[C@@H]2CO)nc1. The molecule has 0 unspecified atom stereocenters. The maximum Gasteiger partial charge on any atom is 0.260 e. The van der Waals surface area contributed by atoms with Crippen molar-refractivity contribution >= 4 is 28.6 Å². The molecule has 1 aromatic heterocycles. The lowest BCUT2D eigenvalue weighted by Crippen LogP contribution is -2.40. The second-order valence-electron chi connectivity index (χ2n) is 9.12. The van der Waals surface area contributed by atoms with E-state index in [1.165, 1.54) is 12.1 Å². The third-order valence-corrected chi connectivity index (χ3v) is 6.63. The molecular weight excluding hydrogens is 425 g/mol. The summed E-state index contributed by atoms with van der Waals surface area (Å²) >= 11 is 0. The van der Waals surface area contributed by atoms with Gasteiger partial charge in [0.05, 0.1) is 30.9 Å². The van der Waals surface area contributed by atoms with Crippen molar-refractivity contribution in [2.75, 3.05) is 23.4 Å². The maximum absolute atomic E-state index is 13.9. The molecule has 1 saturated heterocycles. The number of ether oxygens (including phenoxy) is 1. The van der Waals surface area contributed by atoms with Gasteiger partial charge in [0.15, 0.2) is 0 Å². The lowest BCUT2D eigenvalue weighted by Gasteiger charge is -2.30. The molecule has 4 heterocycles. The quantitative estimate of drug-likeness (QED) is 0.619. The zero-order valence-electron chi connectivity index (χ0n) is 18.5. The van der Waals surface area contributed by atoms with Gasteiger partial charge >= 0.3 is 0 Å². The van der Waals surface area contributed by atoms with Gasteiger partial charge in [0.1, 0.15) is 23.0 Å². The van der Waals surface area contributed by atoms with E-state index < -0.39 is 11.4 Å². The Balaban J connectivity index is 1.51. The summed E-state index contributed by atoms with van der Waals surface area (Å²) in [6, 6.07) is 7.86. The number of hydrogen-bond acceptors (Lipinski definition) is 6. The molecule has 1 aromatic carbocycles. The number of amides is 1. The summed E-state index contributed by atoms with van der Waals surface area (Å²) in [7, 11) is 0. The normalized spacial score (nSPS) is 25.7. The number of allylic oxidation sites excluding steroid dienone is 1. The average molecular weight is 451 g/mol. The number of fused-ring (bicyclic) bond motifs is 1. The van der Waals surface area contributed by atoms with Crippen LogP contribution >= 0.6 is 0 Å². The predicted molar refractivity (Wildman–Crippen MR) is 123 cm³/mol. The summed E-state index contributed by atoms with van der Waals surface area (Å²) in [4.78, 5) is 19.2. The second-order valence-corrected chi connectivity index (χ2v) is 9.12. The van der Waals surface area contributed by atoms with Crippen LogP contribution < -0.4 is 10.2 Å². The number of pyridine rings is 1. The van der Waals surface area contributed by atoms with E-state index in [1.54, 1.807) is 12.3 Å². The fourth-order valence-electron chi connectivity index (χ4n) is 4.99. The molecule has 1 amide bonds. The van der Waals surface area contributed by atoms with E-state index in [2.05, 4.69) is 10.3 Å². The van der Waals surface area contributed by atoms with Crippen molar-refractivity contribution in [3.63, 3.8) is 0 Å². The summed E-state index contributed by atoms with van der Waals surface area (Å²) in [6.45, 7) is 3.83. The standard InChI is InChI=1S/C25H26FN3O4/c1-25(2)19(10-21(33-25)23-18-9-15(26)4-7-20(18)28-24(23)32)14-3-8-22(27-11-14)29-16(12-30)5-6-17(29)13-31/h3-4,7-11,16-17,30-31H,5-6,12-13H2,1-2H3,(H,28,32)/b23-21+/t16-,17+. The molecule has 3 aliphatic rings. The molecule has 2 atom stereocenters. The lowest BCUT2D eigenvalue weighted by atomic mass is 9.93. The molecule has 0 radical (unpaired) electrons. The highest BCUT2D eigenvalue weighted by Crippen LogP contribution is 2.44. The van der Waals surface area contributed by atoms with Gasteiger partial charge in [-0.25, -0.2) is 9.37 Å². The maximum atomic E-state index is 13.9. The number of anilines is 2. The zero-order chi connectivity index (χ0) is 23.3. The summed E-state index contributed by atoms with van der Waals surface area (Å²) < 4.78 is 20.0.